The van der Waals surface area contributed by atoms with Gasteiger partial charge in [0.25, 0.3) is 0 Å². The lowest BCUT2D eigenvalue weighted by atomic mass is 10.2. The first-order valence-corrected chi connectivity index (χ1v) is 5.75. The third-order valence-corrected chi connectivity index (χ3v) is 3.32. The molecule has 0 aliphatic rings. The van der Waals surface area contributed by atoms with Crippen molar-refractivity contribution in [1.29, 1.82) is 0 Å². The Morgan fingerprint density at radius 1 is 1.27 bits per heavy atom. The van der Waals surface area contributed by atoms with Crippen molar-refractivity contribution in [2.45, 2.75) is 13.3 Å². The second-order valence-electron chi connectivity index (χ2n) is 3.36. The Balaban J connectivity index is 2.34. The maximum Gasteiger partial charge on any atom is 0.123 e. The maximum atomic E-state index is 8.89. The number of aliphatic hydroxyl groups excluding tert-OH is 1. The molecule has 0 bridgehead atoms. The summed E-state index contributed by atoms with van der Waals surface area (Å²) in [6, 6.07) is 10.1. The SMILES string of the molecule is Cc1sc(-c2ccccc2)nc1CCO. The van der Waals surface area contributed by atoms with E-state index in [0.717, 1.165) is 16.3 Å². The summed E-state index contributed by atoms with van der Waals surface area (Å²) in [6.45, 7) is 2.22. The van der Waals surface area contributed by atoms with Crippen molar-refractivity contribution < 1.29 is 5.11 Å². The highest BCUT2D eigenvalue weighted by molar-refractivity contribution is 7.15. The van der Waals surface area contributed by atoms with Crippen molar-refractivity contribution in [3.63, 3.8) is 0 Å². The second-order valence-corrected chi connectivity index (χ2v) is 4.56. The first-order valence-electron chi connectivity index (χ1n) is 4.94. The molecule has 78 valence electrons. The van der Waals surface area contributed by atoms with Crippen LogP contribution in [0.4, 0.5) is 0 Å². The lowest BCUT2D eigenvalue weighted by molar-refractivity contribution is 0.298. The molecule has 2 aromatic rings. The summed E-state index contributed by atoms with van der Waals surface area (Å²) in [5.74, 6) is 0. The highest BCUT2D eigenvalue weighted by Gasteiger charge is 2.07. The van der Waals surface area contributed by atoms with E-state index in [4.69, 9.17) is 5.11 Å². The summed E-state index contributed by atoms with van der Waals surface area (Å²) in [7, 11) is 0. The second kappa shape index (κ2) is 4.55. The van der Waals surface area contributed by atoms with Crippen LogP contribution in [0.2, 0.25) is 0 Å². The fourth-order valence-electron chi connectivity index (χ4n) is 1.47. The first kappa shape index (κ1) is 10.3. The van der Waals surface area contributed by atoms with E-state index < -0.39 is 0 Å². The van der Waals surface area contributed by atoms with E-state index in [0.29, 0.717) is 6.42 Å². The quantitative estimate of drug-likeness (QED) is 0.861. The average Bonchev–Trinajstić information content (AvgIpc) is 2.63. The predicted octanol–water partition coefficient (Wildman–Crippen LogP) is 2.65. The Hall–Kier alpha value is -1.19. The minimum atomic E-state index is 0.165. The fourth-order valence-corrected chi connectivity index (χ4v) is 2.44. The molecule has 0 amide bonds. The maximum absolute atomic E-state index is 8.89. The fraction of sp³-hybridized carbons (Fsp3) is 0.250. The summed E-state index contributed by atoms with van der Waals surface area (Å²) < 4.78 is 0. The van der Waals surface area contributed by atoms with E-state index in [1.54, 1.807) is 11.3 Å². The van der Waals surface area contributed by atoms with E-state index in [-0.39, 0.29) is 6.61 Å². The summed E-state index contributed by atoms with van der Waals surface area (Å²) in [4.78, 5) is 5.73. The molecule has 1 aromatic carbocycles. The van der Waals surface area contributed by atoms with Crippen molar-refractivity contribution >= 4 is 11.3 Å². The largest absolute Gasteiger partial charge is 0.396 e. The zero-order chi connectivity index (χ0) is 10.7. The summed E-state index contributed by atoms with van der Waals surface area (Å²) in [5, 5.41) is 9.93. The highest BCUT2D eigenvalue weighted by atomic mass is 32.1. The van der Waals surface area contributed by atoms with E-state index in [2.05, 4.69) is 24.0 Å². The average molecular weight is 219 g/mol. The Labute approximate surface area is 93.2 Å². The van der Waals surface area contributed by atoms with Gasteiger partial charge >= 0.3 is 0 Å². The first-order chi connectivity index (χ1) is 7.31. The zero-order valence-corrected chi connectivity index (χ0v) is 9.42. The molecule has 2 rings (SSSR count). The molecule has 3 heteroatoms. The molecule has 0 unspecified atom stereocenters. The van der Waals surface area contributed by atoms with Crippen molar-refractivity contribution in [3.05, 3.63) is 40.9 Å². The van der Waals surface area contributed by atoms with Gasteiger partial charge in [0.2, 0.25) is 0 Å². The van der Waals surface area contributed by atoms with E-state index in [9.17, 15) is 0 Å². The van der Waals surface area contributed by atoms with E-state index >= 15 is 0 Å². The molecule has 0 fully saturated rings. The number of thiazole rings is 1. The minimum Gasteiger partial charge on any atom is -0.396 e. The molecule has 1 N–H and O–H groups in total. The molecule has 0 radical (unpaired) electrons. The van der Waals surface area contributed by atoms with Crippen LogP contribution >= 0.6 is 11.3 Å². The molecule has 0 spiro atoms. The summed E-state index contributed by atoms with van der Waals surface area (Å²) in [6.07, 6.45) is 0.648. The minimum absolute atomic E-state index is 0.165. The third kappa shape index (κ3) is 2.25. The Bertz CT molecular complexity index is 436. The van der Waals surface area contributed by atoms with Gasteiger partial charge in [-0.15, -0.1) is 11.3 Å². The summed E-state index contributed by atoms with van der Waals surface area (Å²) >= 11 is 1.69. The molecule has 15 heavy (non-hydrogen) atoms. The molecule has 2 nitrogen and oxygen atoms in total. The van der Waals surface area contributed by atoms with Crippen molar-refractivity contribution in [1.82, 2.24) is 4.98 Å². The highest BCUT2D eigenvalue weighted by Crippen LogP contribution is 2.27. The van der Waals surface area contributed by atoms with Gasteiger partial charge in [0.1, 0.15) is 5.01 Å². The number of hydrogen-bond acceptors (Lipinski definition) is 3. The number of aliphatic hydroxyl groups is 1. The van der Waals surface area contributed by atoms with Gasteiger partial charge in [0.15, 0.2) is 0 Å². The zero-order valence-electron chi connectivity index (χ0n) is 8.60. The molecule has 0 aliphatic heterocycles. The van der Waals surface area contributed by atoms with Gasteiger partial charge in [-0.25, -0.2) is 4.98 Å². The molecular formula is C12H13NOS. The van der Waals surface area contributed by atoms with Crippen LogP contribution in [0.5, 0.6) is 0 Å². The van der Waals surface area contributed by atoms with Crippen LogP contribution in [0.15, 0.2) is 30.3 Å². The van der Waals surface area contributed by atoms with Crippen LogP contribution < -0.4 is 0 Å². The van der Waals surface area contributed by atoms with Gasteiger partial charge in [0.05, 0.1) is 5.69 Å². The molecule has 0 atom stereocenters. The lowest BCUT2D eigenvalue weighted by Gasteiger charge is -1.93. The molecule has 0 aliphatic carbocycles. The smallest absolute Gasteiger partial charge is 0.123 e. The molecular weight excluding hydrogens is 206 g/mol. The molecule has 1 heterocycles. The molecule has 0 saturated heterocycles. The van der Waals surface area contributed by atoms with Crippen LogP contribution in [0.25, 0.3) is 10.6 Å². The standard InChI is InChI=1S/C12H13NOS/c1-9-11(7-8-14)13-12(15-9)10-5-3-2-4-6-10/h2-6,14H,7-8H2,1H3. The van der Waals surface area contributed by atoms with E-state index in [1.165, 1.54) is 4.88 Å². The van der Waals surface area contributed by atoms with Crippen LogP contribution in [0.3, 0.4) is 0 Å². The third-order valence-electron chi connectivity index (χ3n) is 2.26. The van der Waals surface area contributed by atoms with Gasteiger partial charge in [-0.1, -0.05) is 30.3 Å². The lowest BCUT2D eigenvalue weighted by Crippen LogP contribution is -1.92. The van der Waals surface area contributed by atoms with Crippen LogP contribution in [0.1, 0.15) is 10.6 Å². The van der Waals surface area contributed by atoms with E-state index in [1.807, 2.05) is 18.2 Å². The van der Waals surface area contributed by atoms with Crippen LogP contribution in [0, 0.1) is 6.92 Å². The number of hydrogen-bond donors (Lipinski definition) is 1. The van der Waals surface area contributed by atoms with Crippen LogP contribution in [-0.4, -0.2) is 16.7 Å². The topological polar surface area (TPSA) is 33.1 Å². The van der Waals surface area contributed by atoms with Crippen molar-refractivity contribution in [2.24, 2.45) is 0 Å². The van der Waals surface area contributed by atoms with Crippen LogP contribution in [-0.2, 0) is 6.42 Å². The number of nitrogens with zero attached hydrogens (tertiary/aromatic N) is 1. The van der Waals surface area contributed by atoms with Gasteiger partial charge in [-0.05, 0) is 6.92 Å². The van der Waals surface area contributed by atoms with Gasteiger partial charge in [-0.3, -0.25) is 0 Å². The van der Waals surface area contributed by atoms with Gasteiger partial charge < -0.3 is 5.11 Å². The van der Waals surface area contributed by atoms with Crippen molar-refractivity contribution in [3.8, 4) is 10.6 Å². The molecule has 0 saturated carbocycles. The Kier molecular flexibility index (Phi) is 3.14. The number of benzene rings is 1. The number of rotatable bonds is 3. The van der Waals surface area contributed by atoms with Gasteiger partial charge in [-0.2, -0.15) is 0 Å². The Morgan fingerprint density at radius 2 is 2.00 bits per heavy atom. The summed E-state index contributed by atoms with van der Waals surface area (Å²) in [5.41, 5.74) is 2.16. The van der Waals surface area contributed by atoms with Crippen molar-refractivity contribution in [2.75, 3.05) is 6.61 Å². The number of aryl methyl sites for hydroxylation is 1. The predicted molar refractivity (Wildman–Crippen MR) is 63.1 cm³/mol. The number of aromatic nitrogens is 1. The normalized spacial score (nSPS) is 10.5. The monoisotopic (exact) mass is 219 g/mol. The Morgan fingerprint density at radius 3 is 2.67 bits per heavy atom. The molecule has 1 aromatic heterocycles. The van der Waals surface area contributed by atoms with Gasteiger partial charge in [0, 0.05) is 23.5 Å².